The van der Waals surface area contributed by atoms with Crippen molar-refractivity contribution in [3.8, 4) is 0 Å². The maximum absolute atomic E-state index is 11.8. The molecule has 1 rings (SSSR count). The molecule has 1 saturated heterocycles. The molecule has 0 aliphatic carbocycles. The number of rotatable bonds is 5. The van der Waals surface area contributed by atoms with Gasteiger partial charge in [-0.15, -0.1) is 11.6 Å². The van der Waals surface area contributed by atoms with E-state index in [-0.39, 0.29) is 17.7 Å². The van der Waals surface area contributed by atoms with Gasteiger partial charge in [-0.05, 0) is 26.2 Å². The molecule has 1 aliphatic rings. The first-order valence-corrected chi connectivity index (χ1v) is 8.33. The van der Waals surface area contributed by atoms with Crippen LogP contribution in [0.4, 0.5) is 0 Å². The minimum atomic E-state index is -3.11. The second-order valence-electron chi connectivity index (χ2n) is 4.61. The molecule has 5 nitrogen and oxygen atoms in total. The van der Waals surface area contributed by atoms with Crippen LogP contribution in [0.1, 0.15) is 33.1 Å². The third-order valence-electron chi connectivity index (χ3n) is 3.02. The van der Waals surface area contributed by atoms with E-state index in [1.807, 2.05) is 6.92 Å². The maximum Gasteiger partial charge on any atom is 0.237 e. The minimum absolute atomic E-state index is 0.0341. The molecule has 1 atom stereocenters. The Balaban J connectivity index is 2.44. The molecule has 1 heterocycles. The van der Waals surface area contributed by atoms with E-state index < -0.39 is 15.4 Å². The lowest BCUT2D eigenvalue weighted by atomic mass is 10.1. The van der Waals surface area contributed by atoms with Crippen LogP contribution in [0, 0.1) is 0 Å². The van der Waals surface area contributed by atoms with Gasteiger partial charge < -0.3 is 5.32 Å². The van der Waals surface area contributed by atoms with Crippen LogP contribution >= 0.6 is 11.6 Å². The molecule has 7 heteroatoms. The lowest BCUT2D eigenvalue weighted by Crippen LogP contribution is -2.48. The Bertz CT molecular complexity index is 376. The number of halogens is 1. The van der Waals surface area contributed by atoms with E-state index in [2.05, 4.69) is 5.32 Å². The van der Waals surface area contributed by atoms with Crippen molar-refractivity contribution >= 4 is 27.5 Å². The first-order valence-electron chi connectivity index (χ1n) is 6.29. The van der Waals surface area contributed by atoms with Gasteiger partial charge in [0.2, 0.25) is 15.9 Å². The van der Waals surface area contributed by atoms with Crippen molar-refractivity contribution in [2.45, 2.75) is 44.5 Å². The summed E-state index contributed by atoms with van der Waals surface area (Å²) in [4.78, 5) is 11.4. The molecular weight excluding hydrogens is 276 g/mol. The van der Waals surface area contributed by atoms with Gasteiger partial charge in [-0.1, -0.05) is 6.92 Å². The van der Waals surface area contributed by atoms with Crippen LogP contribution < -0.4 is 5.32 Å². The molecule has 1 amide bonds. The first kappa shape index (κ1) is 15.7. The third-order valence-corrected chi connectivity index (χ3v) is 5.29. The van der Waals surface area contributed by atoms with Gasteiger partial charge in [0.1, 0.15) is 5.38 Å². The number of piperidine rings is 1. The van der Waals surface area contributed by atoms with Crippen molar-refractivity contribution in [2.75, 3.05) is 18.8 Å². The van der Waals surface area contributed by atoms with Crippen LogP contribution in [0.3, 0.4) is 0 Å². The van der Waals surface area contributed by atoms with Crippen LogP contribution in [0.2, 0.25) is 0 Å². The molecule has 0 radical (unpaired) electrons. The van der Waals surface area contributed by atoms with E-state index in [4.69, 9.17) is 11.6 Å². The number of amides is 1. The fraction of sp³-hybridized carbons (Fsp3) is 0.909. The minimum Gasteiger partial charge on any atom is -0.352 e. The van der Waals surface area contributed by atoms with E-state index in [9.17, 15) is 13.2 Å². The number of hydrogen-bond acceptors (Lipinski definition) is 3. The average molecular weight is 297 g/mol. The molecule has 106 valence electrons. The van der Waals surface area contributed by atoms with Gasteiger partial charge in [-0.3, -0.25) is 4.79 Å². The standard InChI is InChI=1S/C11H21ClN2O3S/c1-3-8-18(16,17)14-6-4-10(5-7-14)13-11(15)9(2)12/h9-10H,3-8H2,1-2H3,(H,13,15). The van der Waals surface area contributed by atoms with Crippen molar-refractivity contribution in [3.63, 3.8) is 0 Å². The Kier molecular flexibility index (Phi) is 5.88. The number of carbonyl (C=O) groups excluding carboxylic acids is 1. The largest absolute Gasteiger partial charge is 0.352 e. The fourth-order valence-electron chi connectivity index (χ4n) is 1.98. The molecule has 1 aliphatic heterocycles. The summed E-state index contributed by atoms with van der Waals surface area (Å²) >= 11 is 5.67. The van der Waals surface area contributed by atoms with Crippen molar-refractivity contribution in [1.82, 2.24) is 9.62 Å². The third kappa shape index (κ3) is 4.40. The number of sulfonamides is 1. The van der Waals surface area contributed by atoms with Gasteiger partial charge in [-0.25, -0.2) is 12.7 Å². The highest BCUT2D eigenvalue weighted by molar-refractivity contribution is 7.89. The molecule has 18 heavy (non-hydrogen) atoms. The monoisotopic (exact) mass is 296 g/mol. The highest BCUT2D eigenvalue weighted by Gasteiger charge is 2.28. The average Bonchev–Trinajstić information content (AvgIpc) is 2.29. The predicted molar refractivity (Wildman–Crippen MR) is 72.1 cm³/mol. The van der Waals surface area contributed by atoms with Gasteiger partial charge in [0, 0.05) is 19.1 Å². The molecule has 1 N–H and O–H groups in total. The van der Waals surface area contributed by atoms with Crippen molar-refractivity contribution < 1.29 is 13.2 Å². The SMILES string of the molecule is CCCS(=O)(=O)N1CCC(NC(=O)C(C)Cl)CC1. The topological polar surface area (TPSA) is 66.5 Å². The molecule has 0 aromatic rings. The van der Waals surface area contributed by atoms with E-state index in [0.717, 1.165) is 0 Å². The lowest BCUT2D eigenvalue weighted by molar-refractivity contribution is -0.121. The van der Waals surface area contributed by atoms with Gasteiger partial charge in [-0.2, -0.15) is 0 Å². The number of alkyl halides is 1. The van der Waals surface area contributed by atoms with Crippen LogP contribution in [0.25, 0.3) is 0 Å². The number of nitrogens with one attached hydrogen (secondary N) is 1. The number of nitrogens with zero attached hydrogens (tertiary/aromatic N) is 1. The van der Waals surface area contributed by atoms with E-state index in [1.54, 1.807) is 6.92 Å². The van der Waals surface area contributed by atoms with Crippen LogP contribution in [-0.2, 0) is 14.8 Å². The van der Waals surface area contributed by atoms with Crippen molar-refractivity contribution in [3.05, 3.63) is 0 Å². The highest BCUT2D eigenvalue weighted by Crippen LogP contribution is 2.15. The molecule has 1 fully saturated rings. The summed E-state index contributed by atoms with van der Waals surface area (Å²) in [6, 6.07) is 0.0341. The van der Waals surface area contributed by atoms with Gasteiger partial charge >= 0.3 is 0 Å². The molecule has 0 aromatic heterocycles. The van der Waals surface area contributed by atoms with Crippen LogP contribution in [-0.4, -0.2) is 48.9 Å². The van der Waals surface area contributed by atoms with Crippen molar-refractivity contribution in [2.24, 2.45) is 0 Å². The zero-order valence-electron chi connectivity index (χ0n) is 10.9. The first-order chi connectivity index (χ1) is 8.36. The van der Waals surface area contributed by atoms with Gasteiger partial charge in [0.05, 0.1) is 5.75 Å². The molecular formula is C11H21ClN2O3S. The molecule has 0 spiro atoms. The Morgan fingerprint density at radius 3 is 2.44 bits per heavy atom. The van der Waals surface area contributed by atoms with Crippen LogP contribution in [0.15, 0.2) is 0 Å². The zero-order chi connectivity index (χ0) is 13.8. The van der Waals surface area contributed by atoms with E-state index >= 15 is 0 Å². The maximum atomic E-state index is 11.8. The Morgan fingerprint density at radius 1 is 1.44 bits per heavy atom. The summed E-state index contributed by atoms with van der Waals surface area (Å²) in [5, 5.41) is 2.28. The lowest BCUT2D eigenvalue weighted by Gasteiger charge is -2.31. The number of hydrogen-bond donors (Lipinski definition) is 1. The van der Waals surface area contributed by atoms with Crippen molar-refractivity contribution in [1.29, 1.82) is 0 Å². The summed E-state index contributed by atoms with van der Waals surface area (Å²) in [6.45, 7) is 4.43. The van der Waals surface area contributed by atoms with E-state index in [0.29, 0.717) is 32.4 Å². The predicted octanol–water partition coefficient (Wildman–Crippen LogP) is 0.934. The Morgan fingerprint density at radius 2 is 2.00 bits per heavy atom. The summed E-state index contributed by atoms with van der Waals surface area (Å²) in [6.07, 6.45) is 1.93. The highest BCUT2D eigenvalue weighted by atomic mass is 35.5. The molecule has 0 bridgehead atoms. The second kappa shape index (κ2) is 6.73. The molecule has 0 aromatic carbocycles. The van der Waals surface area contributed by atoms with Gasteiger partial charge in [0.15, 0.2) is 0 Å². The summed E-state index contributed by atoms with van der Waals surface area (Å²) in [5.41, 5.74) is 0. The van der Waals surface area contributed by atoms with Crippen LogP contribution in [0.5, 0.6) is 0 Å². The molecule has 1 unspecified atom stereocenters. The normalized spacial score (nSPS) is 20.6. The second-order valence-corrected chi connectivity index (χ2v) is 7.36. The number of carbonyl (C=O) groups is 1. The van der Waals surface area contributed by atoms with E-state index in [1.165, 1.54) is 4.31 Å². The Labute approximate surface area is 114 Å². The fourth-order valence-corrected chi connectivity index (χ4v) is 3.59. The Hall–Kier alpha value is -0.330. The summed E-state index contributed by atoms with van der Waals surface area (Å²) < 4.78 is 25.2. The quantitative estimate of drug-likeness (QED) is 0.768. The summed E-state index contributed by atoms with van der Waals surface area (Å²) in [7, 11) is -3.11. The smallest absolute Gasteiger partial charge is 0.237 e. The zero-order valence-corrected chi connectivity index (χ0v) is 12.4. The summed E-state index contributed by atoms with van der Waals surface area (Å²) in [5.74, 6) is 0.00877. The molecule has 0 saturated carbocycles. The van der Waals surface area contributed by atoms with Gasteiger partial charge in [0.25, 0.3) is 0 Å².